The van der Waals surface area contributed by atoms with Crippen molar-refractivity contribution in [3.63, 3.8) is 0 Å². The van der Waals surface area contributed by atoms with Crippen LogP contribution in [0.25, 0.3) is 0 Å². The van der Waals surface area contributed by atoms with Crippen LogP contribution in [-0.2, 0) is 20.6 Å². The Kier molecular flexibility index (Phi) is 1.20. The molecule has 2 heteroatoms. The third kappa shape index (κ3) is 0.524. The molecule has 2 bridgehead atoms. The number of hydrogen-bond donors (Lipinski definition) is 0. The highest BCUT2D eigenvalue weighted by Crippen LogP contribution is 2.67. The minimum atomic E-state index is 0.281. The van der Waals surface area contributed by atoms with E-state index in [9.17, 15) is 0 Å². The van der Waals surface area contributed by atoms with E-state index >= 15 is 0 Å². The third-order valence-corrected chi connectivity index (χ3v) is 7.92. The SMILES string of the molecule is CC1(C)C2C=C3CS(=S)C31CC2. The fourth-order valence-electron chi connectivity index (χ4n) is 3.49. The summed E-state index contributed by atoms with van der Waals surface area (Å²) in [6.07, 6.45) is 5.33. The average Bonchev–Trinajstić information content (AvgIpc) is 2.34. The van der Waals surface area contributed by atoms with E-state index in [4.69, 9.17) is 11.2 Å². The summed E-state index contributed by atoms with van der Waals surface area (Å²) in [6, 6.07) is 0. The van der Waals surface area contributed by atoms with Gasteiger partial charge in [-0.3, -0.25) is 0 Å². The highest BCUT2D eigenvalue weighted by molar-refractivity contribution is 8.30. The molecule has 0 amide bonds. The zero-order chi connectivity index (χ0) is 8.56. The lowest BCUT2D eigenvalue weighted by Crippen LogP contribution is -2.53. The molecule has 3 unspecified atom stereocenters. The maximum Gasteiger partial charge on any atom is 0.0482 e. The molecule has 3 rings (SSSR count). The number of allylic oxidation sites excluding steroid dienone is 1. The van der Waals surface area contributed by atoms with Crippen molar-refractivity contribution in [2.24, 2.45) is 11.3 Å². The third-order valence-electron chi connectivity index (χ3n) is 4.37. The van der Waals surface area contributed by atoms with Crippen molar-refractivity contribution in [2.45, 2.75) is 31.4 Å². The molecule has 0 aromatic heterocycles. The van der Waals surface area contributed by atoms with Crippen LogP contribution in [0.2, 0.25) is 0 Å². The van der Waals surface area contributed by atoms with E-state index in [-0.39, 0.29) is 9.45 Å². The zero-order valence-electron chi connectivity index (χ0n) is 7.59. The number of fused-ring (bicyclic) bond motifs is 1. The van der Waals surface area contributed by atoms with E-state index in [0.29, 0.717) is 10.2 Å². The van der Waals surface area contributed by atoms with Crippen LogP contribution in [0.1, 0.15) is 26.7 Å². The van der Waals surface area contributed by atoms with Gasteiger partial charge in [-0.1, -0.05) is 31.1 Å². The molecular formula is C10H14S2. The van der Waals surface area contributed by atoms with Gasteiger partial charge in [0.05, 0.1) is 0 Å². The molecule has 0 radical (unpaired) electrons. The molecule has 3 aliphatic rings. The Hall–Kier alpha value is 0.310. The first-order valence-electron chi connectivity index (χ1n) is 4.69. The summed E-state index contributed by atoms with van der Waals surface area (Å²) < 4.78 is 0.507. The van der Waals surface area contributed by atoms with Gasteiger partial charge < -0.3 is 0 Å². The average molecular weight is 198 g/mol. The van der Waals surface area contributed by atoms with E-state index in [2.05, 4.69) is 19.9 Å². The molecular weight excluding hydrogens is 184 g/mol. The van der Waals surface area contributed by atoms with Gasteiger partial charge in [-0.05, 0) is 29.7 Å². The van der Waals surface area contributed by atoms with Crippen molar-refractivity contribution in [2.75, 3.05) is 5.75 Å². The second-order valence-corrected chi connectivity index (χ2v) is 7.76. The second-order valence-electron chi connectivity index (χ2n) is 4.88. The lowest BCUT2D eigenvalue weighted by Gasteiger charge is -2.49. The molecule has 0 aromatic rings. The van der Waals surface area contributed by atoms with Gasteiger partial charge in [0.2, 0.25) is 0 Å². The summed E-state index contributed by atoms with van der Waals surface area (Å²) in [5, 5.41) is 0. The van der Waals surface area contributed by atoms with Gasteiger partial charge in [0.1, 0.15) is 0 Å². The first kappa shape index (κ1) is 7.69. The standard InChI is InChI=1S/C10H14S2/c1-9(2)7-3-4-10(9)8(5-7)6-12(10)11/h5,7H,3-4,6H2,1-2H3. The van der Waals surface area contributed by atoms with Crippen LogP contribution < -0.4 is 0 Å². The normalized spacial score (nSPS) is 53.0. The highest BCUT2D eigenvalue weighted by Gasteiger charge is 2.66. The first-order valence-corrected chi connectivity index (χ1v) is 7.00. The topological polar surface area (TPSA) is 0 Å². The van der Waals surface area contributed by atoms with Gasteiger partial charge in [0, 0.05) is 10.5 Å². The van der Waals surface area contributed by atoms with Crippen molar-refractivity contribution in [3.8, 4) is 0 Å². The Morgan fingerprint density at radius 3 is 2.75 bits per heavy atom. The molecule has 1 aliphatic heterocycles. The molecule has 66 valence electrons. The van der Waals surface area contributed by atoms with Crippen LogP contribution in [0.15, 0.2) is 11.6 Å². The van der Waals surface area contributed by atoms with E-state index < -0.39 is 0 Å². The van der Waals surface area contributed by atoms with Crippen molar-refractivity contribution >= 4 is 20.6 Å². The Bertz CT molecular complexity index is 314. The lowest BCUT2D eigenvalue weighted by molar-refractivity contribution is 0.292. The highest BCUT2D eigenvalue weighted by atomic mass is 32.8. The first-order chi connectivity index (χ1) is 5.59. The number of hydrogen-bond acceptors (Lipinski definition) is 1. The molecule has 1 saturated carbocycles. The van der Waals surface area contributed by atoms with Gasteiger partial charge in [-0.15, -0.1) is 9.45 Å². The molecule has 12 heavy (non-hydrogen) atoms. The van der Waals surface area contributed by atoms with E-state index in [0.717, 1.165) is 5.92 Å². The zero-order valence-corrected chi connectivity index (χ0v) is 9.23. The van der Waals surface area contributed by atoms with Crippen molar-refractivity contribution in [3.05, 3.63) is 11.6 Å². The Morgan fingerprint density at radius 2 is 2.33 bits per heavy atom. The lowest BCUT2D eigenvalue weighted by atomic mass is 9.78. The summed E-state index contributed by atoms with van der Waals surface area (Å²) in [6.45, 7) is 4.86. The quantitative estimate of drug-likeness (QED) is 0.538. The van der Waals surface area contributed by atoms with Gasteiger partial charge in [0.15, 0.2) is 0 Å². The van der Waals surface area contributed by atoms with Crippen LogP contribution >= 0.6 is 0 Å². The Morgan fingerprint density at radius 1 is 1.58 bits per heavy atom. The van der Waals surface area contributed by atoms with Crippen LogP contribution in [-0.4, -0.2) is 10.5 Å². The van der Waals surface area contributed by atoms with E-state index in [1.54, 1.807) is 5.57 Å². The van der Waals surface area contributed by atoms with E-state index in [1.165, 1.54) is 18.6 Å². The maximum atomic E-state index is 5.58. The molecule has 0 nitrogen and oxygen atoms in total. The van der Waals surface area contributed by atoms with Crippen molar-refractivity contribution < 1.29 is 0 Å². The molecule has 1 spiro atoms. The van der Waals surface area contributed by atoms with Crippen molar-refractivity contribution in [1.82, 2.24) is 0 Å². The maximum absolute atomic E-state index is 5.58. The second kappa shape index (κ2) is 1.88. The predicted molar refractivity (Wildman–Crippen MR) is 56.9 cm³/mol. The number of rotatable bonds is 0. The summed E-state index contributed by atoms with van der Waals surface area (Å²) in [5.74, 6) is 2.10. The van der Waals surface area contributed by atoms with Gasteiger partial charge in [0.25, 0.3) is 0 Å². The molecule has 2 aliphatic carbocycles. The smallest absolute Gasteiger partial charge is 0.0482 e. The minimum absolute atomic E-state index is 0.281. The van der Waals surface area contributed by atoms with Crippen LogP contribution in [0.3, 0.4) is 0 Å². The van der Waals surface area contributed by atoms with Gasteiger partial charge in [-0.2, -0.15) is 0 Å². The Labute approximate surface area is 81.0 Å². The molecule has 0 N–H and O–H groups in total. The molecule has 1 saturated heterocycles. The van der Waals surface area contributed by atoms with Gasteiger partial charge in [-0.25, -0.2) is 0 Å². The monoisotopic (exact) mass is 198 g/mol. The summed E-state index contributed by atoms with van der Waals surface area (Å²) in [5.41, 5.74) is 2.23. The van der Waals surface area contributed by atoms with E-state index in [1.807, 2.05) is 0 Å². The molecule has 3 atom stereocenters. The fourth-order valence-corrected chi connectivity index (χ4v) is 7.22. The minimum Gasteiger partial charge on any atom is -0.106 e. The van der Waals surface area contributed by atoms with Crippen LogP contribution in [0.4, 0.5) is 0 Å². The molecule has 0 aromatic carbocycles. The molecule has 1 heterocycles. The van der Waals surface area contributed by atoms with Crippen LogP contribution in [0.5, 0.6) is 0 Å². The summed E-state index contributed by atoms with van der Waals surface area (Å²) >= 11 is 5.58. The van der Waals surface area contributed by atoms with Crippen LogP contribution in [0, 0.1) is 11.3 Å². The Balaban J connectivity index is 2.22. The fraction of sp³-hybridized carbons (Fsp3) is 0.800. The summed E-state index contributed by atoms with van der Waals surface area (Å²) in [7, 11) is 0.281. The van der Waals surface area contributed by atoms with Gasteiger partial charge >= 0.3 is 0 Å². The predicted octanol–water partition coefficient (Wildman–Crippen LogP) is 2.20. The molecule has 2 fully saturated rings. The van der Waals surface area contributed by atoms with Crippen molar-refractivity contribution in [1.29, 1.82) is 0 Å². The summed E-state index contributed by atoms with van der Waals surface area (Å²) in [4.78, 5) is 0. The largest absolute Gasteiger partial charge is 0.106 e.